The third-order valence-corrected chi connectivity index (χ3v) is 3.13. The van der Waals surface area contributed by atoms with Crippen molar-refractivity contribution >= 4 is 29.0 Å². The number of nitro groups is 1. The first-order valence-electron chi connectivity index (χ1n) is 6.18. The first kappa shape index (κ1) is 15.0. The Bertz CT molecular complexity index is 696. The van der Waals surface area contributed by atoms with Gasteiger partial charge < -0.3 is 9.88 Å². The van der Waals surface area contributed by atoms with E-state index in [1.807, 2.05) is 13.8 Å². The molecule has 2 aromatic heterocycles. The Hall–Kier alpha value is -2.41. The highest BCUT2D eigenvalue weighted by Gasteiger charge is 2.21. The van der Waals surface area contributed by atoms with Crippen molar-refractivity contribution in [2.75, 3.05) is 5.32 Å². The smallest absolute Gasteiger partial charge is 0.287 e. The fourth-order valence-corrected chi connectivity index (χ4v) is 1.99. The number of nitrogens with one attached hydrogen (secondary N) is 1. The molecular formula is C13H13ClN4O3. The summed E-state index contributed by atoms with van der Waals surface area (Å²) in [7, 11) is 0. The number of rotatable bonds is 4. The number of halogens is 1. The molecule has 0 fully saturated rings. The van der Waals surface area contributed by atoms with Crippen molar-refractivity contribution < 1.29 is 9.72 Å². The number of hydrogen-bond acceptors (Lipinski definition) is 4. The molecule has 0 unspecified atom stereocenters. The van der Waals surface area contributed by atoms with Gasteiger partial charge in [-0.25, -0.2) is 4.98 Å². The molecular weight excluding hydrogens is 296 g/mol. The maximum Gasteiger partial charge on any atom is 0.287 e. The van der Waals surface area contributed by atoms with Gasteiger partial charge in [-0.05, 0) is 26.0 Å². The fraction of sp³-hybridized carbons (Fsp3) is 0.231. The molecule has 0 radical (unpaired) electrons. The standard InChI is InChI=1S/C13H13ClN4O3/c1-8(2)17-7-9(18(20)21)6-11(17)13(19)16-12-10(14)4-3-5-15-12/h3-8H,1-2H3,(H,15,16,19). The first-order chi connectivity index (χ1) is 9.90. The van der Waals surface area contributed by atoms with E-state index >= 15 is 0 Å². The van der Waals surface area contributed by atoms with Crippen LogP contribution in [0.1, 0.15) is 30.4 Å². The molecule has 8 heteroatoms. The van der Waals surface area contributed by atoms with Gasteiger partial charge in [-0.1, -0.05) is 11.6 Å². The number of amides is 1. The van der Waals surface area contributed by atoms with Gasteiger partial charge >= 0.3 is 0 Å². The van der Waals surface area contributed by atoms with Gasteiger partial charge in [0.25, 0.3) is 11.6 Å². The normalized spacial score (nSPS) is 10.7. The first-order valence-corrected chi connectivity index (χ1v) is 6.56. The summed E-state index contributed by atoms with van der Waals surface area (Å²) in [6, 6.07) is 4.36. The molecule has 7 nitrogen and oxygen atoms in total. The van der Waals surface area contributed by atoms with Crippen molar-refractivity contribution in [2.24, 2.45) is 0 Å². The third-order valence-electron chi connectivity index (χ3n) is 2.82. The zero-order chi connectivity index (χ0) is 15.6. The second-order valence-electron chi connectivity index (χ2n) is 4.63. The summed E-state index contributed by atoms with van der Waals surface area (Å²) in [4.78, 5) is 26.5. The van der Waals surface area contributed by atoms with Crippen molar-refractivity contribution in [1.29, 1.82) is 0 Å². The van der Waals surface area contributed by atoms with Crippen molar-refractivity contribution in [3.63, 3.8) is 0 Å². The maximum atomic E-state index is 12.3. The minimum atomic E-state index is -0.538. The number of pyridine rings is 1. The summed E-state index contributed by atoms with van der Waals surface area (Å²) < 4.78 is 1.53. The summed E-state index contributed by atoms with van der Waals surface area (Å²) in [5, 5.41) is 13.7. The molecule has 0 aliphatic carbocycles. The van der Waals surface area contributed by atoms with Crippen LogP contribution in [0, 0.1) is 10.1 Å². The highest BCUT2D eigenvalue weighted by molar-refractivity contribution is 6.33. The number of carbonyl (C=O) groups is 1. The zero-order valence-electron chi connectivity index (χ0n) is 11.4. The monoisotopic (exact) mass is 308 g/mol. The number of anilines is 1. The molecule has 0 aromatic carbocycles. The molecule has 0 bridgehead atoms. The average Bonchev–Trinajstić information content (AvgIpc) is 2.87. The van der Waals surface area contributed by atoms with Crippen molar-refractivity contribution in [2.45, 2.75) is 19.9 Å². The molecule has 0 atom stereocenters. The summed E-state index contributed by atoms with van der Waals surface area (Å²) in [6.45, 7) is 3.66. The lowest BCUT2D eigenvalue weighted by Crippen LogP contribution is -2.18. The Morgan fingerprint density at radius 3 is 2.81 bits per heavy atom. The van der Waals surface area contributed by atoms with E-state index in [0.29, 0.717) is 5.02 Å². The van der Waals surface area contributed by atoms with E-state index in [2.05, 4.69) is 10.3 Å². The van der Waals surface area contributed by atoms with E-state index in [9.17, 15) is 14.9 Å². The summed E-state index contributed by atoms with van der Waals surface area (Å²) in [6.07, 6.45) is 2.82. The predicted octanol–water partition coefficient (Wildman–Crippen LogP) is 3.28. The van der Waals surface area contributed by atoms with Gasteiger partial charge in [0.05, 0.1) is 16.1 Å². The Morgan fingerprint density at radius 2 is 2.24 bits per heavy atom. The van der Waals surface area contributed by atoms with E-state index < -0.39 is 10.8 Å². The lowest BCUT2D eigenvalue weighted by Gasteiger charge is -2.12. The van der Waals surface area contributed by atoms with Crippen LogP contribution in [0.15, 0.2) is 30.6 Å². The third kappa shape index (κ3) is 3.19. The molecule has 2 heterocycles. The van der Waals surface area contributed by atoms with Crippen LogP contribution in [0.5, 0.6) is 0 Å². The number of aromatic nitrogens is 2. The van der Waals surface area contributed by atoms with E-state index in [1.165, 1.54) is 23.0 Å². The molecule has 21 heavy (non-hydrogen) atoms. The van der Waals surface area contributed by atoms with Crippen molar-refractivity contribution in [3.05, 3.63) is 51.4 Å². The lowest BCUT2D eigenvalue weighted by molar-refractivity contribution is -0.384. The minimum Gasteiger partial charge on any atom is -0.335 e. The number of nitrogens with zero attached hydrogens (tertiary/aromatic N) is 3. The molecule has 0 saturated heterocycles. The van der Waals surface area contributed by atoms with Crippen LogP contribution < -0.4 is 5.32 Å². The Morgan fingerprint density at radius 1 is 1.52 bits per heavy atom. The second kappa shape index (κ2) is 5.92. The predicted molar refractivity (Wildman–Crippen MR) is 78.7 cm³/mol. The van der Waals surface area contributed by atoms with Crippen LogP contribution in [0.4, 0.5) is 11.5 Å². The summed E-state index contributed by atoms with van der Waals surface area (Å²) in [5.74, 6) is -0.291. The maximum absolute atomic E-state index is 12.3. The van der Waals surface area contributed by atoms with Crippen LogP contribution in [-0.2, 0) is 0 Å². The molecule has 2 rings (SSSR count). The van der Waals surface area contributed by atoms with Crippen LogP contribution in [0.25, 0.3) is 0 Å². The molecule has 0 aliphatic heterocycles. The van der Waals surface area contributed by atoms with Gasteiger partial charge in [0.1, 0.15) is 5.69 Å². The average molecular weight is 309 g/mol. The van der Waals surface area contributed by atoms with Crippen molar-refractivity contribution in [3.8, 4) is 0 Å². The molecule has 110 valence electrons. The highest BCUT2D eigenvalue weighted by Crippen LogP contribution is 2.23. The highest BCUT2D eigenvalue weighted by atomic mass is 35.5. The quantitative estimate of drug-likeness (QED) is 0.693. The molecule has 1 amide bonds. The lowest BCUT2D eigenvalue weighted by atomic mass is 10.3. The zero-order valence-corrected chi connectivity index (χ0v) is 12.2. The van der Waals surface area contributed by atoms with Crippen LogP contribution in [0.3, 0.4) is 0 Å². The van der Waals surface area contributed by atoms with Gasteiger partial charge in [0.15, 0.2) is 5.82 Å². The topological polar surface area (TPSA) is 90.1 Å². The van der Waals surface area contributed by atoms with Crippen LogP contribution in [0.2, 0.25) is 5.02 Å². The minimum absolute atomic E-state index is 0.0985. The van der Waals surface area contributed by atoms with E-state index in [0.717, 1.165) is 0 Å². The number of hydrogen-bond donors (Lipinski definition) is 1. The molecule has 2 aromatic rings. The summed E-state index contributed by atoms with van der Waals surface area (Å²) >= 11 is 5.92. The fourth-order valence-electron chi connectivity index (χ4n) is 1.82. The van der Waals surface area contributed by atoms with E-state index in [4.69, 9.17) is 11.6 Å². The van der Waals surface area contributed by atoms with Crippen LogP contribution in [-0.4, -0.2) is 20.4 Å². The van der Waals surface area contributed by atoms with Gasteiger partial charge in [0, 0.05) is 18.3 Å². The van der Waals surface area contributed by atoms with E-state index in [1.54, 1.807) is 12.1 Å². The molecule has 0 spiro atoms. The second-order valence-corrected chi connectivity index (χ2v) is 5.04. The molecule has 0 aliphatic rings. The SMILES string of the molecule is CC(C)n1cc([N+](=O)[O-])cc1C(=O)Nc1ncccc1Cl. The summed E-state index contributed by atoms with van der Waals surface area (Å²) in [5.41, 5.74) is 0.0411. The van der Waals surface area contributed by atoms with Crippen LogP contribution >= 0.6 is 11.6 Å². The Labute approximate surface area is 125 Å². The Kier molecular flexibility index (Phi) is 4.23. The van der Waals surface area contributed by atoms with Gasteiger partial charge in [-0.3, -0.25) is 14.9 Å². The molecule has 1 N–H and O–H groups in total. The van der Waals surface area contributed by atoms with Crippen molar-refractivity contribution in [1.82, 2.24) is 9.55 Å². The van der Waals surface area contributed by atoms with Gasteiger partial charge in [0.2, 0.25) is 0 Å². The Balaban J connectivity index is 2.35. The van der Waals surface area contributed by atoms with Gasteiger partial charge in [-0.2, -0.15) is 0 Å². The number of carbonyl (C=O) groups excluding carboxylic acids is 1. The largest absolute Gasteiger partial charge is 0.335 e. The molecule has 0 saturated carbocycles. The van der Waals surface area contributed by atoms with E-state index in [-0.39, 0.29) is 23.2 Å². The van der Waals surface area contributed by atoms with Gasteiger partial charge in [-0.15, -0.1) is 0 Å².